The molecule has 8 nitrogen and oxygen atoms in total. The lowest BCUT2D eigenvalue weighted by Crippen LogP contribution is -2.23. The minimum absolute atomic E-state index is 0.231. The largest absolute Gasteiger partial charge is 0.497 e. The van der Waals surface area contributed by atoms with Gasteiger partial charge in [0.2, 0.25) is 0 Å². The number of carbonyl (C=O) groups is 1. The molecule has 0 unspecified atom stereocenters. The molecule has 0 radical (unpaired) electrons. The Kier molecular flexibility index (Phi) is 5.56. The van der Waals surface area contributed by atoms with Crippen LogP contribution < -0.4 is 14.8 Å². The van der Waals surface area contributed by atoms with Crippen LogP contribution >= 0.6 is 0 Å². The fourth-order valence-electron chi connectivity index (χ4n) is 3.11. The number of ether oxygens (including phenoxy) is 2. The van der Waals surface area contributed by atoms with E-state index in [2.05, 4.69) is 20.3 Å². The molecule has 0 aliphatic carbocycles. The summed E-state index contributed by atoms with van der Waals surface area (Å²) in [4.78, 5) is 25.8. The number of methoxy groups -OCH3 is 2. The molecule has 4 rings (SSSR count). The van der Waals surface area contributed by atoms with Crippen molar-refractivity contribution in [2.75, 3.05) is 14.2 Å². The molecule has 30 heavy (non-hydrogen) atoms. The molecule has 0 spiro atoms. The first kappa shape index (κ1) is 19.4. The summed E-state index contributed by atoms with van der Waals surface area (Å²) < 4.78 is 12.4. The zero-order chi connectivity index (χ0) is 20.9. The molecular formula is C22H21N5O3. The van der Waals surface area contributed by atoms with Crippen LogP contribution in [0.2, 0.25) is 0 Å². The van der Waals surface area contributed by atoms with Crippen molar-refractivity contribution < 1.29 is 14.3 Å². The molecule has 0 bridgehead atoms. The van der Waals surface area contributed by atoms with Gasteiger partial charge in [-0.1, -0.05) is 6.07 Å². The van der Waals surface area contributed by atoms with E-state index in [-0.39, 0.29) is 5.91 Å². The first-order chi connectivity index (χ1) is 14.7. The van der Waals surface area contributed by atoms with E-state index in [1.165, 1.54) is 0 Å². The van der Waals surface area contributed by atoms with Crippen molar-refractivity contribution in [3.63, 3.8) is 0 Å². The van der Waals surface area contributed by atoms with Crippen molar-refractivity contribution in [1.29, 1.82) is 0 Å². The highest BCUT2D eigenvalue weighted by molar-refractivity contribution is 5.96. The Labute approximate surface area is 173 Å². The van der Waals surface area contributed by atoms with Crippen LogP contribution in [0.5, 0.6) is 11.5 Å². The second-order valence-electron chi connectivity index (χ2n) is 6.66. The average Bonchev–Trinajstić information content (AvgIpc) is 3.19. The van der Waals surface area contributed by atoms with Crippen LogP contribution in [0.25, 0.3) is 11.2 Å². The van der Waals surface area contributed by atoms with Crippen molar-refractivity contribution in [3.05, 3.63) is 78.0 Å². The van der Waals surface area contributed by atoms with Crippen LogP contribution in [-0.2, 0) is 13.1 Å². The number of amides is 1. The summed E-state index contributed by atoms with van der Waals surface area (Å²) in [7, 11) is 3.18. The molecule has 3 aromatic heterocycles. The molecule has 0 atom stereocenters. The Morgan fingerprint density at radius 3 is 2.53 bits per heavy atom. The Balaban J connectivity index is 1.47. The molecule has 0 fully saturated rings. The van der Waals surface area contributed by atoms with Gasteiger partial charge in [-0.15, -0.1) is 0 Å². The van der Waals surface area contributed by atoms with Gasteiger partial charge in [-0.2, -0.15) is 0 Å². The summed E-state index contributed by atoms with van der Waals surface area (Å²) in [5, 5.41) is 2.89. The number of pyridine rings is 2. The van der Waals surface area contributed by atoms with E-state index in [9.17, 15) is 4.79 Å². The lowest BCUT2D eigenvalue weighted by atomic mass is 10.2. The van der Waals surface area contributed by atoms with Crippen LogP contribution in [0.1, 0.15) is 21.6 Å². The van der Waals surface area contributed by atoms with Crippen LogP contribution in [0.3, 0.4) is 0 Å². The molecular weight excluding hydrogens is 382 g/mol. The highest BCUT2D eigenvalue weighted by atomic mass is 16.5. The van der Waals surface area contributed by atoms with Crippen molar-refractivity contribution in [1.82, 2.24) is 24.8 Å². The topological polar surface area (TPSA) is 91.2 Å². The number of hydrogen-bond donors (Lipinski definition) is 1. The van der Waals surface area contributed by atoms with E-state index in [1.54, 1.807) is 45.1 Å². The van der Waals surface area contributed by atoms with Crippen LogP contribution in [0, 0.1) is 0 Å². The van der Waals surface area contributed by atoms with E-state index in [1.807, 2.05) is 34.9 Å². The molecule has 8 heteroatoms. The highest BCUT2D eigenvalue weighted by Gasteiger charge is 2.12. The summed E-state index contributed by atoms with van der Waals surface area (Å²) in [5.74, 6) is 1.10. The predicted octanol–water partition coefficient (Wildman–Crippen LogP) is 2.82. The summed E-state index contributed by atoms with van der Waals surface area (Å²) in [6, 6.07) is 13.0. The molecule has 1 N–H and O–H groups in total. The smallest absolute Gasteiger partial charge is 0.253 e. The number of nitrogens with one attached hydrogen (secondary N) is 1. The predicted molar refractivity (Wildman–Crippen MR) is 112 cm³/mol. The van der Waals surface area contributed by atoms with Gasteiger partial charge in [-0.3, -0.25) is 9.78 Å². The molecule has 4 aromatic rings. The fraction of sp³-hybridized carbons (Fsp3) is 0.182. The maximum Gasteiger partial charge on any atom is 0.253 e. The van der Waals surface area contributed by atoms with E-state index in [0.29, 0.717) is 41.3 Å². The van der Waals surface area contributed by atoms with Gasteiger partial charge < -0.3 is 19.4 Å². The lowest BCUT2D eigenvalue weighted by molar-refractivity contribution is 0.0950. The van der Waals surface area contributed by atoms with Crippen LogP contribution in [-0.4, -0.2) is 39.6 Å². The molecule has 1 aromatic carbocycles. The summed E-state index contributed by atoms with van der Waals surface area (Å²) in [6.45, 7) is 0.895. The zero-order valence-electron chi connectivity index (χ0n) is 16.7. The molecule has 0 aliphatic heterocycles. The molecule has 152 valence electrons. The summed E-state index contributed by atoms with van der Waals surface area (Å²) in [6.07, 6.45) is 5.01. The van der Waals surface area contributed by atoms with Crippen molar-refractivity contribution in [2.24, 2.45) is 0 Å². The highest BCUT2D eigenvalue weighted by Crippen LogP contribution is 2.22. The first-order valence-electron chi connectivity index (χ1n) is 9.37. The monoisotopic (exact) mass is 403 g/mol. The number of rotatable bonds is 7. The third-order valence-corrected chi connectivity index (χ3v) is 4.64. The SMILES string of the molecule is COc1cc(CNC(=O)c2cnc3c(c2)ncn3Cc2ccccn2)cc(OC)c1. The summed E-state index contributed by atoms with van der Waals surface area (Å²) >= 11 is 0. The maximum atomic E-state index is 12.6. The van der Waals surface area contributed by atoms with E-state index < -0.39 is 0 Å². The molecule has 0 saturated heterocycles. The number of carbonyl (C=O) groups excluding carboxylic acids is 1. The van der Waals surface area contributed by atoms with Crippen molar-refractivity contribution in [3.8, 4) is 11.5 Å². The Bertz CT molecular complexity index is 1150. The first-order valence-corrected chi connectivity index (χ1v) is 9.37. The van der Waals surface area contributed by atoms with E-state index in [0.717, 1.165) is 11.3 Å². The van der Waals surface area contributed by atoms with Crippen LogP contribution in [0.4, 0.5) is 0 Å². The second kappa shape index (κ2) is 8.60. The number of benzene rings is 1. The minimum atomic E-state index is -0.231. The Morgan fingerprint density at radius 1 is 1.03 bits per heavy atom. The minimum Gasteiger partial charge on any atom is -0.497 e. The normalized spacial score (nSPS) is 10.7. The fourth-order valence-corrected chi connectivity index (χ4v) is 3.11. The number of hydrogen-bond acceptors (Lipinski definition) is 6. The van der Waals surface area contributed by atoms with E-state index >= 15 is 0 Å². The lowest BCUT2D eigenvalue weighted by Gasteiger charge is -2.10. The van der Waals surface area contributed by atoms with Gasteiger partial charge in [0, 0.05) is 25.0 Å². The van der Waals surface area contributed by atoms with Gasteiger partial charge in [0.25, 0.3) is 5.91 Å². The quantitative estimate of drug-likeness (QED) is 0.510. The van der Waals surface area contributed by atoms with E-state index in [4.69, 9.17) is 9.47 Å². The number of aromatic nitrogens is 4. The average molecular weight is 403 g/mol. The van der Waals surface area contributed by atoms with Crippen LogP contribution in [0.15, 0.2) is 61.2 Å². The molecule has 0 saturated carbocycles. The third kappa shape index (κ3) is 4.22. The van der Waals surface area contributed by atoms with Gasteiger partial charge in [-0.05, 0) is 35.9 Å². The zero-order valence-corrected chi connectivity index (χ0v) is 16.7. The third-order valence-electron chi connectivity index (χ3n) is 4.64. The van der Waals surface area contributed by atoms with Gasteiger partial charge in [0.05, 0.1) is 38.3 Å². The van der Waals surface area contributed by atoms with Crippen molar-refractivity contribution >= 4 is 17.1 Å². The molecule has 0 aliphatic rings. The maximum absolute atomic E-state index is 12.6. The Hall–Kier alpha value is -3.94. The number of imidazole rings is 1. The number of fused-ring (bicyclic) bond motifs is 1. The molecule has 3 heterocycles. The second-order valence-corrected chi connectivity index (χ2v) is 6.66. The molecule has 1 amide bonds. The van der Waals surface area contributed by atoms with Gasteiger partial charge >= 0.3 is 0 Å². The summed E-state index contributed by atoms with van der Waals surface area (Å²) in [5.41, 5.74) is 3.58. The Morgan fingerprint density at radius 2 is 1.83 bits per heavy atom. The number of nitrogens with zero attached hydrogens (tertiary/aromatic N) is 4. The van der Waals surface area contributed by atoms with Gasteiger partial charge in [0.15, 0.2) is 5.65 Å². The standard InChI is InChI=1S/C22H21N5O3/c1-29-18-7-15(8-19(10-18)30-2)11-25-22(28)16-9-20-21(24-12-16)27(14-26-20)13-17-5-3-4-6-23-17/h3-10,12,14H,11,13H2,1-2H3,(H,25,28). The van der Waals surface area contributed by atoms with Crippen molar-refractivity contribution in [2.45, 2.75) is 13.1 Å². The van der Waals surface area contributed by atoms with Gasteiger partial charge in [0.1, 0.15) is 17.0 Å². The van der Waals surface area contributed by atoms with Gasteiger partial charge in [-0.25, -0.2) is 9.97 Å².